The number of aromatic nitrogens is 1. The number of carboxylic acid groups (broad SMARTS) is 1. The van der Waals surface area contributed by atoms with Crippen molar-refractivity contribution in [1.82, 2.24) is 4.57 Å². The Morgan fingerprint density at radius 2 is 1.67 bits per heavy atom. The zero-order valence-corrected chi connectivity index (χ0v) is 23.8. The highest BCUT2D eigenvalue weighted by Gasteiger charge is 2.19. The Labute approximate surface area is 245 Å². The molecule has 0 saturated heterocycles. The average Bonchev–Trinajstić information content (AvgIpc) is 3.40. The third-order valence-electron chi connectivity index (χ3n) is 7.34. The average molecular weight is 559 g/mol. The number of rotatable bonds is 11. The van der Waals surface area contributed by atoms with Gasteiger partial charge in [0.2, 0.25) is 5.91 Å². The number of carbonyl (C=O) groups excluding carboxylic acids is 1. The van der Waals surface area contributed by atoms with Gasteiger partial charge in [-0.25, -0.2) is 0 Å². The molecule has 212 valence electrons. The van der Waals surface area contributed by atoms with Crippen molar-refractivity contribution in [3.63, 3.8) is 0 Å². The van der Waals surface area contributed by atoms with Crippen molar-refractivity contribution < 1.29 is 19.4 Å². The first-order valence-electron chi connectivity index (χ1n) is 14.0. The van der Waals surface area contributed by atoms with Crippen LogP contribution in [0.5, 0.6) is 5.75 Å². The fourth-order valence-electron chi connectivity index (χ4n) is 5.20. The lowest BCUT2D eigenvalue weighted by Crippen LogP contribution is -2.12. The minimum absolute atomic E-state index is 0.0307. The molecule has 0 fully saturated rings. The van der Waals surface area contributed by atoms with Crippen LogP contribution >= 0.6 is 0 Å². The normalized spacial score (nSPS) is 12.2. The molecule has 6 heteroatoms. The molecule has 0 aliphatic rings. The van der Waals surface area contributed by atoms with Crippen LogP contribution in [0.2, 0.25) is 0 Å². The second-order valence-corrected chi connectivity index (χ2v) is 10.3. The number of fused-ring (bicyclic) bond motifs is 1. The molecule has 0 bridgehead atoms. The SMILES string of the molecule is C/C(=C\C(=O)Nc1ccccc1OCCCC(=O)O)c1ccc2c(ccn2C(c2ccccc2)c2ccccc2C)c1. The largest absolute Gasteiger partial charge is 0.491 e. The molecule has 1 aromatic heterocycles. The number of nitrogens with zero attached hydrogens (tertiary/aromatic N) is 1. The molecule has 1 unspecified atom stereocenters. The van der Waals surface area contributed by atoms with Crippen molar-refractivity contribution in [2.75, 3.05) is 11.9 Å². The van der Waals surface area contributed by atoms with Gasteiger partial charge in [-0.3, -0.25) is 9.59 Å². The standard InChI is InChI=1S/C36H34N2O4/c1-25-11-6-7-14-30(25)36(27-12-4-3-5-13-27)38-21-20-29-24-28(18-19-32(29)38)26(2)23-34(39)37-31-15-8-9-16-33(31)42-22-10-17-35(40)41/h3-9,11-16,18-21,23-24,36H,10,17,22H2,1-2H3,(H,37,39)(H,40,41)/b26-23+. The summed E-state index contributed by atoms with van der Waals surface area (Å²) in [6, 6.07) is 34.6. The number of amides is 1. The molecule has 0 aliphatic heterocycles. The van der Waals surface area contributed by atoms with Crippen LogP contribution in [0.15, 0.2) is 115 Å². The Bertz CT molecular complexity index is 1740. The highest BCUT2D eigenvalue weighted by atomic mass is 16.5. The first-order chi connectivity index (χ1) is 20.4. The molecule has 1 atom stereocenters. The number of hydrogen-bond acceptors (Lipinski definition) is 3. The zero-order valence-electron chi connectivity index (χ0n) is 23.8. The molecule has 1 amide bonds. The minimum atomic E-state index is -0.863. The summed E-state index contributed by atoms with van der Waals surface area (Å²) in [6.45, 7) is 4.33. The topological polar surface area (TPSA) is 80.6 Å². The third kappa shape index (κ3) is 6.61. The van der Waals surface area contributed by atoms with Crippen LogP contribution in [-0.2, 0) is 9.59 Å². The van der Waals surface area contributed by atoms with Gasteiger partial charge < -0.3 is 19.7 Å². The van der Waals surface area contributed by atoms with Crippen LogP contribution in [0.4, 0.5) is 5.69 Å². The summed E-state index contributed by atoms with van der Waals surface area (Å²) >= 11 is 0. The lowest BCUT2D eigenvalue weighted by molar-refractivity contribution is -0.137. The summed E-state index contributed by atoms with van der Waals surface area (Å²) in [4.78, 5) is 23.7. The highest BCUT2D eigenvalue weighted by molar-refractivity contribution is 6.05. The van der Waals surface area contributed by atoms with Gasteiger partial charge in [-0.1, -0.05) is 72.8 Å². The molecule has 0 radical (unpaired) electrons. The van der Waals surface area contributed by atoms with Gasteiger partial charge in [0, 0.05) is 29.6 Å². The van der Waals surface area contributed by atoms with E-state index in [0.717, 1.165) is 22.0 Å². The Morgan fingerprint density at radius 3 is 2.45 bits per heavy atom. The van der Waals surface area contributed by atoms with Crippen LogP contribution in [0, 0.1) is 6.92 Å². The zero-order chi connectivity index (χ0) is 29.5. The molecular formula is C36H34N2O4. The molecule has 2 N–H and O–H groups in total. The smallest absolute Gasteiger partial charge is 0.303 e. The molecule has 5 rings (SSSR count). The molecule has 6 nitrogen and oxygen atoms in total. The number of benzene rings is 4. The van der Waals surface area contributed by atoms with Crippen LogP contribution in [0.3, 0.4) is 0 Å². The fourth-order valence-corrected chi connectivity index (χ4v) is 5.20. The number of hydrogen-bond donors (Lipinski definition) is 2. The molecule has 5 aromatic rings. The third-order valence-corrected chi connectivity index (χ3v) is 7.34. The van der Waals surface area contributed by atoms with Crippen molar-refractivity contribution >= 4 is 34.0 Å². The van der Waals surface area contributed by atoms with E-state index in [2.05, 4.69) is 95.8 Å². The van der Waals surface area contributed by atoms with Gasteiger partial charge in [-0.15, -0.1) is 0 Å². The second kappa shape index (κ2) is 13.0. The van der Waals surface area contributed by atoms with Gasteiger partial charge in [0.1, 0.15) is 5.75 Å². The Morgan fingerprint density at radius 1 is 0.929 bits per heavy atom. The summed E-state index contributed by atoms with van der Waals surface area (Å²) in [5.41, 5.74) is 7.15. The van der Waals surface area contributed by atoms with Crippen LogP contribution < -0.4 is 10.1 Å². The number of aryl methyl sites for hydroxylation is 1. The highest BCUT2D eigenvalue weighted by Crippen LogP contribution is 2.33. The predicted molar refractivity (Wildman–Crippen MR) is 168 cm³/mol. The van der Waals surface area contributed by atoms with Crippen LogP contribution in [0.1, 0.15) is 48.1 Å². The number of nitrogens with one attached hydrogen (secondary N) is 1. The van der Waals surface area contributed by atoms with Gasteiger partial charge in [0.25, 0.3) is 0 Å². The van der Waals surface area contributed by atoms with E-state index >= 15 is 0 Å². The van der Waals surface area contributed by atoms with E-state index in [0.29, 0.717) is 17.9 Å². The maximum Gasteiger partial charge on any atom is 0.303 e. The van der Waals surface area contributed by atoms with Crippen LogP contribution in [-0.4, -0.2) is 28.2 Å². The van der Waals surface area contributed by atoms with Gasteiger partial charge in [0.15, 0.2) is 0 Å². The number of allylic oxidation sites excluding steroid dienone is 1. The molecule has 42 heavy (non-hydrogen) atoms. The molecule has 0 spiro atoms. The summed E-state index contributed by atoms with van der Waals surface area (Å²) in [5.74, 6) is -0.625. The molecule has 0 saturated carbocycles. The first-order valence-corrected chi connectivity index (χ1v) is 14.0. The molecule has 1 heterocycles. The van der Waals surface area contributed by atoms with Crippen LogP contribution in [0.25, 0.3) is 16.5 Å². The minimum Gasteiger partial charge on any atom is -0.491 e. The lowest BCUT2D eigenvalue weighted by atomic mass is 9.94. The lowest BCUT2D eigenvalue weighted by Gasteiger charge is -2.23. The fraction of sp³-hybridized carbons (Fsp3) is 0.167. The van der Waals surface area contributed by atoms with E-state index < -0.39 is 5.97 Å². The number of para-hydroxylation sites is 2. The van der Waals surface area contributed by atoms with Crippen molar-refractivity contribution in [3.05, 3.63) is 138 Å². The Balaban J connectivity index is 1.37. The number of anilines is 1. The number of ether oxygens (including phenoxy) is 1. The van der Waals surface area contributed by atoms with Crippen molar-refractivity contribution in [3.8, 4) is 5.75 Å². The van der Waals surface area contributed by atoms with E-state index in [4.69, 9.17) is 9.84 Å². The molecular weight excluding hydrogens is 524 g/mol. The van der Waals surface area contributed by atoms with E-state index in [1.165, 1.54) is 16.7 Å². The van der Waals surface area contributed by atoms with E-state index in [-0.39, 0.29) is 25.0 Å². The summed E-state index contributed by atoms with van der Waals surface area (Å²) in [6.07, 6.45) is 4.14. The number of carboxylic acids is 1. The molecule has 0 aliphatic carbocycles. The van der Waals surface area contributed by atoms with Crippen molar-refractivity contribution in [2.45, 2.75) is 32.7 Å². The van der Waals surface area contributed by atoms with Gasteiger partial charge in [-0.05, 0) is 78.4 Å². The monoisotopic (exact) mass is 558 g/mol. The number of aliphatic carboxylic acids is 1. The second-order valence-electron chi connectivity index (χ2n) is 10.3. The van der Waals surface area contributed by atoms with E-state index in [1.54, 1.807) is 18.2 Å². The summed E-state index contributed by atoms with van der Waals surface area (Å²) < 4.78 is 8.03. The van der Waals surface area contributed by atoms with E-state index in [9.17, 15) is 9.59 Å². The quantitative estimate of drug-likeness (QED) is 0.128. The van der Waals surface area contributed by atoms with Gasteiger partial charge in [-0.2, -0.15) is 0 Å². The Kier molecular flexibility index (Phi) is 8.83. The van der Waals surface area contributed by atoms with E-state index in [1.807, 2.05) is 25.1 Å². The summed E-state index contributed by atoms with van der Waals surface area (Å²) in [5, 5.41) is 12.8. The maximum absolute atomic E-state index is 12.9. The molecule has 4 aromatic carbocycles. The van der Waals surface area contributed by atoms with Gasteiger partial charge >= 0.3 is 5.97 Å². The predicted octanol–water partition coefficient (Wildman–Crippen LogP) is 7.87. The number of carbonyl (C=O) groups is 2. The maximum atomic E-state index is 12.9. The summed E-state index contributed by atoms with van der Waals surface area (Å²) in [7, 11) is 0. The van der Waals surface area contributed by atoms with Crippen molar-refractivity contribution in [2.24, 2.45) is 0 Å². The Hall–Kier alpha value is -5.10. The first kappa shape index (κ1) is 28.4. The van der Waals surface area contributed by atoms with Gasteiger partial charge in [0.05, 0.1) is 18.3 Å². The van der Waals surface area contributed by atoms with Crippen molar-refractivity contribution in [1.29, 1.82) is 0 Å².